The van der Waals surface area contributed by atoms with Gasteiger partial charge in [-0.05, 0) is 41.6 Å². The van der Waals surface area contributed by atoms with Crippen molar-refractivity contribution in [2.45, 2.75) is 6.92 Å². The van der Waals surface area contributed by atoms with Gasteiger partial charge in [0.2, 0.25) is 0 Å². The molecule has 0 aliphatic heterocycles. The summed E-state index contributed by atoms with van der Waals surface area (Å²) in [6.45, 7) is 2.14. The molecule has 2 nitrogen and oxygen atoms in total. The smallest absolute Gasteiger partial charge is 0.338 e. The van der Waals surface area contributed by atoms with Gasteiger partial charge < -0.3 is 4.74 Å². The third-order valence-corrected chi connectivity index (χ3v) is 3.87. The average molecular weight is 311 g/mol. The molecule has 0 saturated heterocycles. The molecule has 22 heavy (non-hydrogen) atoms. The van der Waals surface area contributed by atoms with Crippen LogP contribution in [0.1, 0.15) is 17.3 Å². The van der Waals surface area contributed by atoms with E-state index in [2.05, 4.69) is 0 Å². The molecule has 0 aliphatic rings. The van der Waals surface area contributed by atoms with E-state index in [1.54, 1.807) is 13.0 Å². The first-order chi connectivity index (χ1) is 10.7. The molecule has 0 fully saturated rings. The van der Waals surface area contributed by atoms with Crippen molar-refractivity contribution in [3.8, 4) is 11.1 Å². The van der Waals surface area contributed by atoms with Crippen molar-refractivity contribution in [3.63, 3.8) is 0 Å². The lowest BCUT2D eigenvalue weighted by Crippen LogP contribution is -2.05. The summed E-state index contributed by atoms with van der Waals surface area (Å²) >= 11 is 6.32. The first-order valence-corrected chi connectivity index (χ1v) is 7.53. The second-order valence-corrected chi connectivity index (χ2v) is 5.35. The van der Waals surface area contributed by atoms with Gasteiger partial charge in [-0.1, -0.05) is 54.1 Å². The molecule has 0 amide bonds. The Morgan fingerprint density at radius 1 is 1.00 bits per heavy atom. The number of esters is 1. The van der Waals surface area contributed by atoms with Crippen molar-refractivity contribution < 1.29 is 9.53 Å². The van der Waals surface area contributed by atoms with E-state index in [0.29, 0.717) is 17.2 Å². The molecule has 3 aromatic rings. The fourth-order valence-electron chi connectivity index (χ4n) is 2.54. The van der Waals surface area contributed by atoms with Crippen LogP contribution in [0.25, 0.3) is 21.9 Å². The zero-order valence-electron chi connectivity index (χ0n) is 12.2. The van der Waals surface area contributed by atoms with Crippen LogP contribution in [0, 0.1) is 0 Å². The van der Waals surface area contributed by atoms with E-state index in [9.17, 15) is 4.79 Å². The van der Waals surface area contributed by atoms with Crippen LogP contribution in [-0.2, 0) is 4.74 Å². The van der Waals surface area contributed by atoms with Gasteiger partial charge in [0.15, 0.2) is 0 Å². The quantitative estimate of drug-likeness (QED) is 0.611. The molecule has 3 heteroatoms. The standard InChI is InChI=1S/C19H15ClO2/c1-2-22-19(21)14-11-16(13-7-4-3-5-8-13)15-9-6-10-18(20)17(15)12-14/h3-12H,2H2,1H3. The number of carbonyl (C=O) groups is 1. The molecule has 0 aromatic heterocycles. The maximum atomic E-state index is 12.1. The van der Waals surface area contributed by atoms with E-state index in [4.69, 9.17) is 16.3 Å². The van der Waals surface area contributed by atoms with E-state index < -0.39 is 0 Å². The molecule has 0 N–H and O–H groups in total. The van der Waals surface area contributed by atoms with Gasteiger partial charge in [0.25, 0.3) is 0 Å². The van der Waals surface area contributed by atoms with Crippen LogP contribution >= 0.6 is 11.6 Å². The van der Waals surface area contributed by atoms with Crippen molar-refractivity contribution >= 4 is 28.3 Å². The fraction of sp³-hybridized carbons (Fsp3) is 0.105. The molecule has 0 unspecified atom stereocenters. The monoisotopic (exact) mass is 310 g/mol. The predicted octanol–water partition coefficient (Wildman–Crippen LogP) is 5.34. The number of carbonyl (C=O) groups excluding carboxylic acids is 1. The highest BCUT2D eigenvalue weighted by Crippen LogP contribution is 2.34. The number of hydrogen-bond donors (Lipinski definition) is 0. The van der Waals surface area contributed by atoms with E-state index >= 15 is 0 Å². The SMILES string of the molecule is CCOC(=O)c1cc(-c2ccccc2)c2cccc(Cl)c2c1. The Morgan fingerprint density at radius 2 is 1.77 bits per heavy atom. The third-order valence-electron chi connectivity index (χ3n) is 3.54. The van der Waals surface area contributed by atoms with Crippen molar-refractivity contribution in [2.24, 2.45) is 0 Å². The van der Waals surface area contributed by atoms with Crippen LogP contribution in [0.4, 0.5) is 0 Å². The van der Waals surface area contributed by atoms with Crippen molar-refractivity contribution in [1.29, 1.82) is 0 Å². The van der Waals surface area contributed by atoms with Gasteiger partial charge in [-0.3, -0.25) is 0 Å². The lowest BCUT2D eigenvalue weighted by molar-refractivity contribution is 0.0526. The summed E-state index contributed by atoms with van der Waals surface area (Å²) in [4.78, 5) is 12.1. The molecule has 0 heterocycles. The minimum atomic E-state index is -0.332. The van der Waals surface area contributed by atoms with Crippen LogP contribution in [0.5, 0.6) is 0 Å². The molecule has 0 saturated carbocycles. The maximum absolute atomic E-state index is 12.1. The lowest BCUT2D eigenvalue weighted by atomic mass is 9.95. The fourth-order valence-corrected chi connectivity index (χ4v) is 2.77. The zero-order chi connectivity index (χ0) is 15.5. The van der Waals surface area contributed by atoms with E-state index in [0.717, 1.165) is 21.9 Å². The number of ether oxygens (including phenoxy) is 1. The van der Waals surface area contributed by atoms with E-state index in [1.165, 1.54) is 0 Å². The average Bonchev–Trinajstić information content (AvgIpc) is 2.55. The molecule has 0 radical (unpaired) electrons. The zero-order valence-corrected chi connectivity index (χ0v) is 12.9. The number of fused-ring (bicyclic) bond motifs is 1. The Kier molecular flexibility index (Phi) is 4.12. The molecule has 0 spiro atoms. The number of benzene rings is 3. The van der Waals surface area contributed by atoms with Crippen LogP contribution < -0.4 is 0 Å². The highest BCUT2D eigenvalue weighted by Gasteiger charge is 2.13. The highest BCUT2D eigenvalue weighted by atomic mass is 35.5. The van der Waals surface area contributed by atoms with Gasteiger partial charge in [0.05, 0.1) is 12.2 Å². The van der Waals surface area contributed by atoms with Gasteiger partial charge in [-0.2, -0.15) is 0 Å². The molecular weight excluding hydrogens is 296 g/mol. The van der Waals surface area contributed by atoms with E-state index in [-0.39, 0.29) is 5.97 Å². The van der Waals surface area contributed by atoms with Crippen LogP contribution in [0.3, 0.4) is 0 Å². The van der Waals surface area contributed by atoms with Crippen molar-refractivity contribution in [2.75, 3.05) is 6.61 Å². The van der Waals surface area contributed by atoms with E-state index in [1.807, 2.05) is 54.6 Å². The molecule has 110 valence electrons. The van der Waals surface area contributed by atoms with Crippen LogP contribution in [-0.4, -0.2) is 12.6 Å². The molecular formula is C19H15ClO2. The number of rotatable bonds is 3. The minimum Gasteiger partial charge on any atom is -0.462 e. The molecule has 3 rings (SSSR count). The first kappa shape index (κ1) is 14.6. The van der Waals surface area contributed by atoms with Crippen molar-refractivity contribution in [1.82, 2.24) is 0 Å². The molecule has 0 bridgehead atoms. The predicted molar refractivity (Wildman–Crippen MR) is 90.4 cm³/mol. The van der Waals surface area contributed by atoms with Crippen LogP contribution in [0.2, 0.25) is 5.02 Å². The Labute approximate surface area is 134 Å². The summed E-state index contributed by atoms with van der Waals surface area (Å²) in [6.07, 6.45) is 0. The van der Waals surface area contributed by atoms with Crippen LogP contribution in [0.15, 0.2) is 60.7 Å². The normalized spacial score (nSPS) is 10.6. The minimum absolute atomic E-state index is 0.332. The molecule has 0 atom stereocenters. The second-order valence-electron chi connectivity index (χ2n) is 4.95. The Hall–Kier alpha value is -2.32. The third kappa shape index (κ3) is 2.70. The summed E-state index contributed by atoms with van der Waals surface area (Å²) in [7, 11) is 0. The largest absolute Gasteiger partial charge is 0.462 e. The maximum Gasteiger partial charge on any atom is 0.338 e. The first-order valence-electron chi connectivity index (χ1n) is 7.15. The molecule has 0 aliphatic carbocycles. The van der Waals surface area contributed by atoms with Gasteiger partial charge in [-0.15, -0.1) is 0 Å². The van der Waals surface area contributed by atoms with Crippen molar-refractivity contribution in [3.05, 3.63) is 71.2 Å². The Balaban J connectivity index is 2.29. The number of hydrogen-bond acceptors (Lipinski definition) is 2. The molecule has 3 aromatic carbocycles. The topological polar surface area (TPSA) is 26.3 Å². The number of halogens is 1. The highest BCUT2D eigenvalue weighted by molar-refractivity contribution is 6.36. The summed E-state index contributed by atoms with van der Waals surface area (Å²) in [5.74, 6) is -0.332. The summed E-state index contributed by atoms with van der Waals surface area (Å²) in [5, 5.41) is 2.50. The van der Waals surface area contributed by atoms with Gasteiger partial charge in [0, 0.05) is 10.4 Å². The summed E-state index contributed by atoms with van der Waals surface area (Å²) in [6, 6.07) is 19.4. The Morgan fingerprint density at radius 3 is 2.50 bits per heavy atom. The lowest BCUT2D eigenvalue weighted by Gasteiger charge is -2.11. The summed E-state index contributed by atoms with van der Waals surface area (Å²) in [5.41, 5.74) is 2.53. The van der Waals surface area contributed by atoms with Gasteiger partial charge in [0.1, 0.15) is 0 Å². The Bertz CT molecular complexity index is 825. The van der Waals surface area contributed by atoms with Gasteiger partial charge in [-0.25, -0.2) is 4.79 Å². The second kappa shape index (κ2) is 6.20. The summed E-state index contributed by atoms with van der Waals surface area (Å²) < 4.78 is 5.13. The van der Waals surface area contributed by atoms with Gasteiger partial charge >= 0.3 is 5.97 Å².